The summed E-state index contributed by atoms with van der Waals surface area (Å²) in [6.45, 7) is 1.87. The van der Waals surface area contributed by atoms with Crippen molar-refractivity contribution in [2.45, 2.75) is 19.8 Å². The number of esters is 1. The van der Waals surface area contributed by atoms with Crippen LogP contribution in [0.5, 0.6) is 5.75 Å². The van der Waals surface area contributed by atoms with Crippen LogP contribution in [-0.2, 0) is 14.3 Å². The van der Waals surface area contributed by atoms with Crippen molar-refractivity contribution in [2.24, 2.45) is 0 Å². The van der Waals surface area contributed by atoms with Gasteiger partial charge in [-0.3, -0.25) is 9.59 Å². The lowest BCUT2D eigenvalue weighted by atomic mass is 10.2. The summed E-state index contributed by atoms with van der Waals surface area (Å²) >= 11 is 3.13. The molecule has 0 atom stereocenters. The van der Waals surface area contributed by atoms with Crippen LogP contribution < -0.4 is 10.1 Å². The van der Waals surface area contributed by atoms with Gasteiger partial charge in [-0.25, -0.2) is 4.39 Å². The number of aryl methyl sites for hydroxylation is 1. The molecule has 0 radical (unpaired) electrons. The average molecular weight is 424 g/mol. The predicted octanol–water partition coefficient (Wildman–Crippen LogP) is 4.24. The quantitative estimate of drug-likeness (QED) is 0.509. The smallest absolute Gasteiger partial charge is 0.306 e. The molecule has 0 saturated heterocycles. The maximum Gasteiger partial charge on any atom is 0.306 e. The molecule has 7 heteroatoms. The Kier molecular flexibility index (Phi) is 7.59. The summed E-state index contributed by atoms with van der Waals surface area (Å²) in [5, 5.41) is 2.35. The van der Waals surface area contributed by atoms with Crippen molar-refractivity contribution >= 4 is 33.5 Å². The van der Waals surface area contributed by atoms with Crippen LogP contribution in [0.2, 0.25) is 0 Å². The summed E-state index contributed by atoms with van der Waals surface area (Å²) in [7, 11) is 0. The standard InChI is InChI=1S/C19H19BrFNO4/c1-13-4-2-5-15(10-13)25-9-3-6-19(24)26-12-18(23)22-17-8-7-14(20)11-16(17)21/h2,4-5,7-8,10-11H,3,6,9,12H2,1H3,(H,22,23). The number of carbonyl (C=O) groups excluding carboxylic acids is 2. The number of benzene rings is 2. The minimum absolute atomic E-state index is 0.0285. The summed E-state index contributed by atoms with van der Waals surface area (Å²) < 4.78 is 24.6. The van der Waals surface area contributed by atoms with Crippen molar-refractivity contribution in [1.82, 2.24) is 0 Å². The lowest BCUT2D eigenvalue weighted by Gasteiger charge is -2.08. The molecule has 2 aromatic rings. The van der Waals surface area contributed by atoms with Crippen LogP contribution in [0, 0.1) is 12.7 Å². The number of hydrogen-bond donors (Lipinski definition) is 1. The lowest BCUT2D eigenvalue weighted by Crippen LogP contribution is -2.21. The Balaban J connectivity index is 1.64. The second-order valence-electron chi connectivity index (χ2n) is 5.60. The van der Waals surface area contributed by atoms with Crippen molar-refractivity contribution < 1.29 is 23.5 Å². The van der Waals surface area contributed by atoms with Gasteiger partial charge in [0.1, 0.15) is 11.6 Å². The third-order valence-corrected chi connectivity index (χ3v) is 3.85. The molecule has 0 aliphatic heterocycles. The molecular formula is C19H19BrFNO4. The van der Waals surface area contributed by atoms with Gasteiger partial charge in [-0.05, 0) is 49.2 Å². The zero-order chi connectivity index (χ0) is 18.9. The Labute approximate surface area is 159 Å². The van der Waals surface area contributed by atoms with E-state index in [2.05, 4.69) is 21.2 Å². The van der Waals surface area contributed by atoms with E-state index in [0.717, 1.165) is 11.3 Å². The molecule has 0 heterocycles. The van der Waals surface area contributed by atoms with E-state index >= 15 is 0 Å². The van der Waals surface area contributed by atoms with Gasteiger partial charge >= 0.3 is 5.97 Å². The summed E-state index contributed by atoms with van der Waals surface area (Å²) in [4.78, 5) is 23.3. The Hall–Kier alpha value is -2.41. The second-order valence-corrected chi connectivity index (χ2v) is 6.52. The molecule has 1 N–H and O–H groups in total. The van der Waals surface area contributed by atoms with E-state index in [1.54, 1.807) is 6.07 Å². The highest BCUT2D eigenvalue weighted by atomic mass is 79.9. The van der Waals surface area contributed by atoms with Crippen molar-refractivity contribution in [3.05, 3.63) is 58.3 Å². The first-order valence-corrected chi connectivity index (χ1v) is 8.83. The van der Waals surface area contributed by atoms with Crippen molar-refractivity contribution in [2.75, 3.05) is 18.5 Å². The molecule has 0 saturated carbocycles. The summed E-state index contributed by atoms with van der Waals surface area (Å²) in [6.07, 6.45) is 0.599. The molecule has 138 valence electrons. The van der Waals surface area contributed by atoms with E-state index in [4.69, 9.17) is 9.47 Å². The first kappa shape index (κ1) is 19.9. The number of nitrogens with one attached hydrogen (secondary N) is 1. The number of halogens is 2. The van der Waals surface area contributed by atoms with Crippen molar-refractivity contribution in [1.29, 1.82) is 0 Å². The normalized spacial score (nSPS) is 10.3. The topological polar surface area (TPSA) is 64.6 Å². The fourth-order valence-corrected chi connectivity index (χ4v) is 2.44. The molecule has 0 aliphatic carbocycles. The van der Waals surface area contributed by atoms with E-state index in [1.165, 1.54) is 12.1 Å². The number of anilines is 1. The van der Waals surface area contributed by atoms with Crippen LogP contribution in [-0.4, -0.2) is 25.1 Å². The highest BCUT2D eigenvalue weighted by molar-refractivity contribution is 9.10. The minimum atomic E-state index is -0.601. The average Bonchev–Trinajstić information content (AvgIpc) is 2.59. The summed E-state index contributed by atoms with van der Waals surface area (Å²) in [6, 6.07) is 11.9. The highest BCUT2D eigenvalue weighted by Gasteiger charge is 2.10. The third-order valence-electron chi connectivity index (χ3n) is 3.35. The monoisotopic (exact) mass is 423 g/mol. The maximum absolute atomic E-state index is 13.6. The van der Waals surface area contributed by atoms with Gasteiger partial charge in [0.2, 0.25) is 0 Å². The fourth-order valence-electron chi connectivity index (χ4n) is 2.11. The van der Waals surface area contributed by atoms with E-state index in [0.29, 0.717) is 17.5 Å². The molecule has 0 spiro atoms. The molecule has 1 amide bonds. The molecule has 0 unspecified atom stereocenters. The molecule has 2 rings (SSSR count). The van der Waals surface area contributed by atoms with Gasteiger partial charge in [0.25, 0.3) is 5.91 Å². The van der Waals surface area contributed by atoms with Gasteiger partial charge in [-0.15, -0.1) is 0 Å². The molecule has 0 bridgehead atoms. The number of hydrogen-bond acceptors (Lipinski definition) is 4. The first-order chi connectivity index (χ1) is 12.4. The van der Waals surface area contributed by atoms with Gasteiger partial charge in [-0.2, -0.15) is 0 Å². The minimum Gasteiger partial charge on any atom is -0.494 e. The largest absolute Gasteiger partial charge is 0.494 e. The highest BCUT2D eigenvalue weighted by Crippen LogP contribution is 2.19. The molecule has 2 aromatic carbocycles. The van der Waals surface area contributed by atoms with E-state index in [-0.39, 0.29) is 12.1 Å². The lowest BCUT2D eigenvalue weighted by molar-refractivity contribution is -0.147. The van der Waals surface area contributed by atoms with Gasteiger partial charge in [0, 0.05) is 10.9 Å². The van der Waals surface area contributed by atoms with Crippen molar-refractivity contribution in [3.8, 4) is 5.75 Å². The Morgan fingerprint density at radius 2 is 2.00 bits per heavy atom. The molecule has 0 aliphatic rings. The Morgan fingerprint density at radius 3 is 2.73 bits per heavy atom. The van der Waals surface area contributed by atoms with Crippen LogP contribution in [0.25, 0.3) is 0 Å². The van der Waals surface area contributed by atoms with E-state index in [9.17, 15) is 14.0 Å². The molecule has 0 fully saturated rings. The Morgan fingerprint density at radius 1 is 1.19 bits per heavy atom. The van der Waals surface area contributed by atoms with Gasteiger partial charge in [-0.1, -0.05) is 28.1 Å². The van der Waals surface area contributed by atoms with Crippen LogP contribution in [0.1, 0.15) is 18.4 Å². The Bertz CT molecular complexity index is 782. The molecule has 5 nitrogen and oxygen atoms in total. The summed E-state index contributed by atoms with van der Waals surface area (Å²) in [5.41, 5.74) is 1.12. The molecule has 0 aromatic heterocycles. The molecular weight excluding hydrogens is 405 g/mol. The maximum atomic E-state index is 13.6. The predicted molar refractivity (Wildman–Crippen MR) is 99.6 cm³/mol. The SMILES string of the molecule is Cc1cccc(OCCCC(=O)OCC(=O)Nc2ccc(Br)cc2F)c1. The zero-order valence-electron chi connectivity index (χ0n) is 14.3. The van der Waals surface area contributed by atoms with Crippen molar-refractivity contribution in [3.63, 3.8) is 0 Å². The zero-order valence-corrected chi connectivity index (χ0v) is 15.8. The number of carbonyl (C=O) groups is 2. The van der Waals surface area contributed by atoms with Gasteiger partial charge in [0.15, 0.2) is 6.61 Å². The summed E-state index contributed by atoms with van der Waals surface area (Å²) in [5.74, 6) is -0.943. The van der Waals surface area contributed by atoms with E-state index in [1.807, 2.05) is 31.2 Å². The van der Waals surface area contributed by atoms with Crippen LogP contribution in [0.15, 0.2) is 46.9 Å². The van der Waals surface area contributed by atoms with Crippen LogP contribution in [0.4, 0.5) is 10.1 Å². The number of amides is 1. The van der Waals surface area contributed by atoms with Gasteiger partial charge < -0.3 is 14.8 Å². The molecule has 26 heavy (non-hydrogen) atoms. The third kappa shape index (κ3) is 6.84. The number of ether oxygens (including phenoxy) is 2. The second kappa shape index (κ2) is 9.91. The van der Waals surface area contributed by atoms with Gasteiger partial charge in [0.05, 0.1) is 12.3 Å². The van der Waals surface area contributed by atoms with Crippen LogP contribution in [0.3, 0.4) is 0 Å². The fraction of sp³-hybridized carbons (Fsp3) is 0.263. The number of rotatable bonds is 8. The first-order valence-electron chi connectivity index (χ1n) is 8.04. The van der Waals surface area contributed by atoms with E-state index < -0.39 is 24.3 Å². The van der Waals surface area contributed by atoms with Crippen LogP contribution >= 0.6 is 15.9 Å².